The molecule has 0 spiro atoms. The van der Waals surface area contributed by atoms with Crippen molar-refractivity contribution in [3.05, 3.63) is 22.9 Å². The smallest absolute Gasteiger partial charge is 0.144 e. The van der Waals surface area contributed by atoms with E-state index in [0.29, 0.717) is 5.56 Å². The van der Waals surface area contributed by atoms with E-state index in [-0.39, 0.29) is 0 Å². The number of pyridine rings is 1. The summed E-state index contributed by atoms with van der Waals surface area (Å²) in [5, 5.41) is 12.6. The number of likely N-dealkylation sites (tertiary alicyclic amines) is 1. The summed E-state index contributed by atoms with van der Waals surface area (Å²) in [7, 11) is 2.19. The third kappa shape index (κ3) is 3.71. The molecule has 1 saturated heterocycles. The predicted octanol–water partition coefficient (Wildman–Crippen LogP) is 2.71. The van der Waals surface area contributed by atoms with E-state index in [4.69, 9.17) is 0 Å². The van der Waals surface area contributed by atoms with Crippen molar-refractivity contribution in [3.63, 3.8) is 0 Å². The zero-order chi connectivity index (χ0) is 14.5. The average molecular weight is 272 g/mol. The lowest BCUT2D eigenvalue weighted by molar-refractivity contribution is 0.215. The van der Waals surface area contributed by atoms with Crippen LogP contribution < -0.4 is 5.32 Å². The van der Waals surface area contributed by atoms with Crippen LogP contribution in [0.25, 0.3) is 0 Å². The Hall–Kier alpha value is -1.60. The molecule has 0 aromatic carbocycles. The number of hydrogen-bond donors (Lipinski definition) is 1. The summed E-state index contributed by atoms with van der Waals surface area (Å²) in [5.74, 6) is 1.55. The van der Waals surface area contributed by atoms with Crippen LogP contribution in [0, 0.1) is 31.1 Å². The zero-order valence-corrected chi connectivity index (χ0v) is 12.7. The van der Waals surface area contributed by atoms with E-state index in [1.807, 2.05) is 19.9 Å². The molecule has 0 unspecified atom stereocenters. The van der Waals surface area contributed by atoms with Crippen LogP contribution in [-0.2, 0) is 0 Å². The van der Waals surface area contributed by atoms with Gasteiger partial charge in [-0.3, -0.25) is 0 Å². The fraction of sp³-hybridized carbons (Fsp3) is 0.625. The van der Waals surface area contributed by atoms with Crippen molar-refractivity contribution in [3.8, 4) is 6.07 Å². The van der Waals surface area contributed by atoms with Crippen molar-refractivity contribution in [1.82, 2.24) is 9.88 Å². The number of aryl methyl sites for hydroxylation is 2. The summed E-state index contributed by atoms with van der Waals surface area (Å²) in [5.41, 5.74) is 2.64. The molecule has 2 rings (SSSR count). The number of nitrogens with one attached hydrogen (secondary N) is 1. The Kier molecular flexibility index (Phi) is 4.97. The molecular weight excluding hydrogens is 248 g/mol. The van der Waals surface area contributed by atoms with Gasteiger partial charge < -0.3 is 10.2 Å². The molecule has 1 aromatic heterocycles. The summed E-state index contributed by atoms with van der Waals surface area (Å²) in [4.78, 5) is 6.85. The molecule has 1 N–H and O–H groups in total. The van der Waals surface area contributed by atoms with Crippen LogP contribution in [0.3, 0.4) is 0 Å². The summed E-state index contributed by atoms with van der Waals surface area (Å²) < 4.78 is 0. The minimum atomic E-state index is 0.680. The highest BCUT2D eigenvalue weighted by Gasteiger charge is 2.16. The summed E-state index contributed by atoms with van der Waals surface area (Å²) in [6.45, 7) is 7.25. The monoisotopic (exact) mass is 272 g/mol. The van der Waals surface area contributed by atoms with Crippen molar-refractivity contribution in [2.75, 3.05) is 32.0 Å². The molecule has 0 atom stereocenters. The van der Waals surface area contributed by atoms with E-state index in [0.717, 1.165) is 36.0 Å². The molecule has 1 fully saturated rings. The number of nitrogens with zero attached hydrogens (tertiary/aromatic N) is 3. The standard InChI is InChI=1S/C16H24N4/c1-12-10-13(2)19-16(15(12)11-17)18-7-4-14-5-8-20(3)9-6-14/h10,14H,4-9H2,1-3H3,(H,18,19). The first-order valence-corrected chi connectivity index (χ1v) is 7.41. The first kappa shape index (κ1) is 14.8. The van der Waals surface area contributed by atoms with Gasteiger partial charge in [-0.25, -0.2) is 4.98 Å². The Bertz CT molecular complexity index is 496. The van der Waals surface area contributed by atoms with Crippen molar-refractivity contribution >= 4 is 5.82 Å². The minimum Gasteiger partial charge on any atom is -0.369 e. The van der Waals surface area contributed by atoms with Crippen LogP contribution in [-0.4, -0.2) is 36.6 Å². The minimum absolute atomic E-state index is 0.680. The SMILES string of the molecule is Cc1cc(C)c(C#N)c(NCCC2CCN(C)CC2)n1. The molecule has 0 saturated carbocycles. The first-order valence-electron chi connectivity index (χ1n) is 7.41. The maximum atomic E-state index is 9.23. The highest BCUT2D eigenvalue weighted by atomic mass is 15.1. The largest absolute Gasteiger partial charge is 0.369 e. The molecule has 4 heteroatoms. The summed E-state index contributed by atoms with van der Waals surface area (Å²) >= 11 is 0. The van der Waals surface area contributed by atoms with Gasteiger partial charge in [-0.2, -0.15) is 5.26 Å². The second-order valence-corrected chi connectivity index (χ2v) is 5.88. The Morgan fingerprint density at radius 1 is 1.40 bits per heavy atom. The lowest BCUT2D eigenvalue weighted by atomic mass is 9.94. The zero-order valence-electron chi connectivity index (χ0n) is 12.7. The van der Waals surface area contributed by atoms with E-state index in [2.05, 4.69) is 28.3 Å². The van der Waals surface area contributed by atoms with Gasteiger partial charge in [-0.1, -0.05) is 0 Å². The van der Waals surface area contributed by atoms with Crippen molar-refractivity contribution in [1.29, 1.82) is 5.26 Å². The van der Waals surface area contributed by atoms with E-state index >= 15 is 0 Å². The van der Waals surface area contributed by atoms with Gasteiger partial charge in [0.05, 0.1) is 5.56 Å². The molecule has 1 aromatic rings. The van der Waals surface area contributed by atoms with Crippen molar-refractivity contribution in [2.45, 2.75) is 33.1 Å². The number of nitriles is 1. The Balaban J connectivity index is 1.90. The van der Waals surface area contributed by atoms with Crippen molar-refractivity contribution < 1.29 is 0 Å². The van der Waals surface area contributed by atoms with E-state index in [1.165, 1.54) is 25.9 Å². The quantitative estimate of drug-likeness (QED) is 0.915. The molecule has 0 bridgehead atoms. The van der Waals surface area contributed by atoms with E-state index in [9.17, 15) is 5.26 Å². The molecule has 2 heterocycles. The number of hydrogen-bond acceptors (Lipinski definition) is 4. The topological polar surface area (TPSA) is 52.0 Å². The molecule has 4 nitrogen and oxygen atoms in total. The van der Waals surface area contributed by atoms with Gasteiger partial charge in [0.2, 0.25) is 0 Å². The average Bonchev–Trinajstić information content (AvgIpc) is 2.40. The van der Waals surface area contributed by atoms with Gasteiger partial charge in [-0.05, 0) is 70.8 Å². The van der Waals surface area contributed by atoms with Gasteiger partial charge in [0.1, 0.15) is 11.9 Å². The summed E-state index contributed by atoms with van der Waals surface area (Å²) in [6.07, 6.45) is 3.72. The van der Waals surface area contributed by atoms with Crippen LogP contribution in [0.1, 0.15) is 36.1 Å². The van der Waals surface area contributed by atoms with Crippen molar-refractivity contribution in [2.24, 2.45) is 5.92 Å². The maximum absolute atomic E-state index is 9.23. The van der Waals surface area contributed by atoms with Crippen LogP contribution >= 0.6 is 0 Å². The first-order chi connectivity index (χ1) is 9.60. The van der Waals surface area contributed by atoms with Crippen LogP contribution in [0.2, 0.25) is 0 Å². The molecule has 108 valence electrons. The molecule has 20 heavy (non-hydrogen) atoms. The Morgan fingerprint density at radius 3 is 2.75 bits per heavy atom. The lowest BCUT2D eigenvalue weighted by Crippen LogP contribution is -2.30. The second-order valence-electron chi connectivity index (χ2n) is 5.88. The van der Waals surface area contributed by atoms with Gasteiger partial charge in [0, 0.05) is 12.2 Å². The van der Waals surface area contributed by atoms with Crippen LogP contribution in [0.4, 0.5) is 5.82 Å². The van der Waals surface area contributed by atoms with Gasteiger partial charge in [0.25, 0.3) is 0 Å². The highest BCUT2D eigenvalue weighted by molar-refractivity contribution is 5.56. The van der Waals surface area contributed by atoms with Crippen LogP contribution in [0.5, 0.6) is 0 Å². The van der Waals surface area contributed by atoms with Gasteiger partial charge >= 0.3 is 0 Å². The predicted molar refractivity (Wildman–Crippen MR) is 81.8 cm³/mol. The maximum Gasteiger partial charge on any atom is 0.144 e. The van der Waals surface area contributed by atoms with E-state index < -0.39 is 0 Å². The van der Waals surface area contributed by atoms with Gasteiger partial charge in [0.15, 0.2) is 0 Å². The Morgan fingerprint density at radius 2 is 2.10 bits per heavy atom. The lowest BCUT2D eigenvalue weighted by Gasteiger charge is -2.29. The number of piperidine rings is 1. The third-order valence-electron chi connectivity index (χ3n) is 4.14. The Labute approximate surface area is 121 Å². The molecular formula is C16H24N4. The fourth-order valence-electron chi connectivity index (χ4n) is 2.85. The molecule has 0 aliphatic carbocycles. The second kappa shape index (κ2) is 6.71. The molecule has 0 amide bonds. The molecule has 1 aliphatic heterocycles. The molecule has 0 radical (unpaired) electrons. The summed E-state index contributed by atoms with van der Waals surface area (Å²) in [6, 6.07) is 4.21. The van der Waals surface area contributed by atoms with Gasteiger partial charge in [-0.15, -0.1) is 0 Å². The number of aromatic nitrogens is 1. The highest BCUT2D eigenvalue weighted by Crippen LogP contribution is 2.21. The fourth-order valence-corrected chi connectivity index (χ4v) is 2.85. The number of anilines is 1. The number of rotatable bonds is 4. The van der Waals surface area contributed by atoms with E-state index in [1.54, 1.807) is 0 Å². The van der Waals surface area contributed by atoms with Crippen LogP contribution in [0.15, 0.2) is 6.07 Å². The molecule has 1 aliphatic rings. The third-order valence-corrected chi connectivity index (χ3v) is 4.14. The normalized spacial score (nSPS) is 16.9.